The third-order valence-electron chi connectivity index (χ3n) is 4.85. The van der Waals surface area contributed by atoms with Gasteiger partial charge in [-0.05, 0) is 85.8 Å². The summed E-state index contributed by atoms with van der Waals surface area (Å²) in [4.78, 5) is 18.3. The number of hydrogen-bond donors (Lipinski definition) is 1. The number of hydrogen-bond acceptors (Lipinski definition) is 5. The second kappa shape index (κ2) is 9.57. The van der Waals surface area contributed by atoms with Gasteiger partial charge in [-0.15, -0.1) is 0 Å². The number of ether oxygens (including phenoxy) is 1. The maximum Gasteiger partial charge on any atom is 0.269 e. The zero-order chi connectivity index (χ0) is 23.5. The molecular weight excluding hydrogens is 552 g/mol. The first-order valence-corrected chi connectivity index (χ1v) is 11.4. The van der Waals surface area contributed by atoms with Crippen LogP contribution in [0.15, 0.2) is 63.5 Å². The second-order valence-electron chi connectivity index (χ2n) is 7.31. The Bertz CT molecular complexity index is 1430. The lowest BCUT2D eigenvalue weighted by molar-refractivity contribution is -0.384. The molecule has 7 nitrogen and oxygen atoms in total. The van der Waals surface area contributed by atoms with Gasteiger partial charge < -0.3 is 9.72 Å². The largest absolute Gasteiger partial charge is 0.487 e. The zero-order valence-electron chi connectivity index (χ0n) is 17.3. The Hall–Kier alpha value is -3.48. The van der Waals surface area contributed by atoms with Gasteiger partial charge in [-0.25, -0.2) is 4.98 Å². The van der Waals surface area contributed by atoms with Crippen molar-refractivity contribution >= 4 is 60.2 Å². The number of nitrogens with one attached hydrogen (secondary N) is 1. The highest BCUT2D eigenvalue weighted by Gasteiger charge is 2.13. The number of allylic oxidation sites excluding steroid dienone is 1. The number of nitrogens with zero attached hydrogens (tertiary/aromatic N) is 3. The van der Waals surface area contributed by atoms with Crippen LogP contribution in [0.25, 0.3) is 22.7 Å². The standard InChI is InChI=1S/C24H16Br2N4O3/c1-14-5-6-21-22(7-14)29-24(28-21)17(12-27)8-16-10-19(25)23(20(26)11-16)33-13-15-3-2-4-18(9-15)30(31)32/h2-11H,13H2,1H3,(H,28,29)/b17-8-. The maximum atomic E-state index is 11.0. The molecular formula is C24H16Br2N4O3. The molecule has 33 heavy (non-hydrogen) atoms. The fourth-order valence-corrected chi connectivity index (χ4v) is 4.74. The second-order valence-corrected chi connectivity index (χ2v) is 9.01. The van der Waals surface area contributed by atoms with Crippen LogP contribution in [-0.4, -0.2) is 14.9 Å². The van der Waals surface area contributed by atoms with Gasteiger partial charge in [0.05, 0.1) is 30.5 Å². The van der Waals surface area contributed by atoms with E-state index in [1.54, 1.807) is 18.2 Å². The minimum absolute atomic E-state index is 0.0134. The van der Waals surface area contributed by atoms with Gasteiger partial charge in [0.15, 0.2) is 0 Å². The van der Waals surface area contributed by atoms with Crippen LogP contribution in [0.4, 0.5) is 5.69 Å². The molecule has 164 valence electrons. The van der Waals surface area contributed by atoms with Crippen molar-refractivity contribution < 1.29 is 9.66 Å². The van der Waals surface area contributed by atoms with Gasteiger partial charge in [0, 0.05) is 12.1 Å². The van der Waals surface area contributed by atoms with Gasteiger partial charge in [-0.3, -0.25) is 10.1 Å². The summed E-state index contributed by atoms with van der Waals surface area (Å²) in [6, 6.07) is 18.1. The third kappa shape index (κ3) is 5.13. The molecule has 9 heteroatoms. The number of halogens is 2. The molecule has 0 saturated carbocycles. The van der Waals surface area contributed by atoms with E-state index in [1.807, 2.05) is 37.3 Å². The van der Waals surface area contributed by atoms with Crippen LogP contribution in [0, 0.1) is 28.4 Å². The number of H-pyrrole nitrogens is 1. The van der Waals surface area contributed by atoms with Gasteiger partial charge in [0.1, 0.15) is 24.3 Å². The predicted molar refractivity (Wildman–Crippen MR) is 134 cm³/mol. The number of aromatic amines is 1. The van der Waals surface area contributed by atoms with Gasteiger partial charge in [0.25, 0.3) is 5.69 Å². The highest BCUT2D eigenvalue weighted by Crippen LogP contribution is 2.36. The number of rotatable bonds is 6. The molecule has 1 N–H and O–H groups in total. The van der Waals surface area contributed by atoms with Crippen LogP contribution in [0.1, 0.15) is 22.5 Å². The lowest BCUT2D eigenvalue weighted by Crippen LogP contribution is -1.98. The summed E-state index contributed by atoms with van der Waals surface area (Å²) in [7, 11) is 0. The van der Waals surface area contributed by atoms with Crippen molar-refractivity contribution in [3.8, 4) is 11.8 Å². The minimum Gasteiger partial charge on any atom is -0.487 e. The molecule has 4 aromatic rings. The van der Waals surface area contributed by atoms with Crippen LogP contribution >= 0.6 is 31.9 Å². The Morgan fingerprint density at radius 2 is 1.97 bits per heavy atom. The molecule has 0 bridgehead atoms. The summed E-state index contributed by atoms with van der Waals surface area (Å²) in [6.07, 6.45) is 1.74. The number of aromatic nitrogens is 2. The molecule has 0 aliphatic carbocycles. The smallest absolute Gasteiger partial charge is 0.269 e. The minimum atomic E-state index is -0.438. The average Bonchev–Trinajstić information content (AvgIpc) is 3.20. The van der Waals surface area contributed by atoms with Crippen molar-refractivity contribution in [1.82, 2.24) is 9.97 Å². The molecule has 0 atom stereocenters. The van der Waals surface area contributed by atoms with E-state index in [2.05, 4.69) is 47.9 Å². The summed E-state index contributed by atoms with van der Waals surface area (Å²) in [5, 5.41) is 20.7. The highest BCUT2D eigenvalue weighted by atomic mass is 79.9. The fraction of sp³-hybridized carbons (Fsp3) is 0.0833. The van der Waals surface area contributed by atoms with Crippen LogP contribution < -0.4 is 4.74 Å². The van der Waals surface area contributed by atoms with E-state index in [9.17, 15) is 15.4 Å². The van der Waals surface area contributed by atoms with E-state index in [0.29, 0.717) is 31.7 Å². The first-order valence-electron chi connectivity index (χ1n) is 9.78. The molecule has 0 saturated heterocycles. The molecule has 0 aliphatic rings. The summed E-state index contributed by atoms with van der Waals surface area (Å²) in [6.45, 7) is 2.16. The number of non-ortho nitro benzene ring substituents is 1. The number of fused-ring (bicyclic) bond motifs is 1. The van der Waals surface area contributed by atoms with Crippen molar-refractivity contribution in [1.29, 1.82) is 5.26 Å². The third-order valence-corrected chi connectivity index (χ3v) is 6.03. The number of nitro groups is 1. The van der Waals surface area contributed by atoms with Crippen LogP contribution in [0.3, 0.4) is 0 Å². The number of imidazole rings is 1. The highest BCUT2D eigenvalue weighted by molar-refractivity contribution is 9.11. The SMILES string of the molecule is Cc1ccc2nc(/C(C#N)=C\c3cc(Br)c(OCc4cccc([N+](=O)[O-])c4)c(Br)c3)[nH]c2c1. The van der Waals surface area contributed by atoms with E-state index in [1.165, 1.54) is 12.1 Å². The molecule has 4 rings (SSSR count). The molecule has 0 spiro atoms. The van der Waals surface area contributed by atoms with Crippen LogP contribution in [-0.2, 0) is 6.61 Å². The number of nitro benzene ring substituents is 1. The molecule has 0 unspecified atom stereocenters. The Labute approximate surface area is 206 Å². The maximum absolute atomic E-state index is 11.0. The Morgan fingerprint density at radius 3 is 2.67 bits per heavy atom. The summed E-state index contributed by atoms with van der Waals surface area (Å²) >= 11 is 7.03. The van der Waals surface area contributed by atoms with Crippen molar-refractivity contribution in [3.63, 3.8) is 0 Å². The summed E-state index contributed by atoms with van der Waals surface area (Å²) < 4.78 is 7.23. The molecule has 0 radical (unpaired) electrons. The van der Waals surface area contributed by atoms with Crippen molar-refractivity contribution in [2.24, 2.45) is 0 Å². The molecule has 3 aromatic carbocycles. The zero-order valence-corrected chi connectivity index (χ0v) is 20.5. The number of benzene rings is 3. The topological polar surface area (TPSA) is 105 Å². The van der Waals surface area contributed by atoms with Gasteiger partial charge in [0.2, 0.25) is 0 Å². The lowest BCUT2D eigenvalue weighted by atomic mass is 10.1. The fourth-order valence-electron chi connectivity index (χ4n) is 3.29. The van der Waals surface area contributed by atoms with Crippen molar-refractivity contribution in [3.05, 3.63) is 96.2 Å². The lowest BCUT2D eigenvalue weighted by Gasteiger charge is -2.11. The molecule has 0 aliphatic heterocycles. The predicted octanol–water partition coefficient (Wildman–Crippen LogP) is 6.95. The first-order chi connectivity index (χ1) is 15.8. The Morgan fingerprint density at radius 1 is 1.21 bits per heavy atom. The molecule has 1 heterocycles. The van der Waals surface area contributed by atoms with Gasteiger partial charge in [-0.2, -0.15) is 5.26 Å². The van der Waals surface area contributed by atoms with Crippen molar-refractivity contribution in [2.45, 2.75) is 13.5 Å². The quantitative estimate of drug-likeness (QED) is 0.154. The molecule has 0 amide bonds. The van der Waals surface area contributed by atoms with Gasteiger partial charge >= 0.3 is 0 Å². The Balaban J connectivity index is 1.59. The number of aryl methyl sites for hydroxylation is 1. The Kier molecular flexibility index (Phi) is 6.58. The van der Waals surface area contributed by atoms with E-state index in [-0.39, 0.29) is 12.3 Å². The normalized spacial score (nSPS) is 11.4. The van der Waals surface area contributed by atoms with Crippen LogP contribution in [0.2, 0.25) is 0 Å². The number of nitriles is 1. The van der Waals surface area contributed by atoms with E-state index in [0.717, 1.165) is 22.2 Å². The van der Waals surface area contributed by atoms with E-state index < -0.39 is 4.92 Å². The molecule has 0 fully saturated rings. The van der Waals surface area contributed by atoms with Crippen molar-refractivity contribution in [2.75, 3.05) is 0 Å². The monoisotopic (exact) mass is 566 g/mol. The van der Waals surface area contributed by atoms with Crippen LogP contribution in [0.5, 0.6) is 5.75 Å². The average molecular weight is 568 g/mol. The van der Waals surface area contributed by atoms with Gasteiger partial charge in [-0.1, -0.05) is 18.2 Å². The van der Waals surface area contributed by atoms with E-state index >= 15 is 0 Å². The summed E-state index contributed by atoms with van der Waals surface area (Å²) in [5.74, 6) is 1.05. The van der Waals surface area contributed by atoms with E-state index in [4.69, 9.17) is 4.74 Å². The summed E-state index contributed by atoms with van der Waals surface area (Å²) in [5.41, 5.74) is 4.63. The molecule has 1 aromatic heterocycles. The first kappa shape index (κ1) is 22.7.